The van der Waals surface area contributed by atoms with E-state index in [1.54, 1.807) is 0 Å². The predicted octanol–water partition coefficient (Wildman–Crippen LogP) is 0.624. The fraction of sp³-hybridized carbons (Fsp3) is 0.909. The molecule has 1 aliphatic heterocycles. The molecule has 2 aliphatic carbocycles. The molecule has 3 aliphatic rings. The highest BCUT2D eigenvalue weighted by molar-refractivity contribution is 5.89. The van der Waals surface area contributed by atoms with Gasteiger partial charge in [0.1, 0.15) is 5.60 Å². The molecule has 0 aromatic carbocycles. The fourth-order valence-corrected chi connectivity index (χ4v) is 3.22. The van der Waals surface area contributed by atoms with E-state index < -0.39 is 11.4 Å². The van der Waals surface area contributed by atoms with Gasteiger partial charge in [-0.15, -0.1) is 0 Å². The number of ketones is 1. The van der Waals surface area contributed by atoms with Gasteiger partial charge in [0, 0.05) is 25.2 Å². The third kappa shape index (κ3) is 1.28. The zero-order chi connectivity index (χ0) is 10.5. The standard InChI is InChI=1S/C11H16O4/c12-9-2-1-8-7-10(14-5-6-15-10)3-4-11(8,9)13/h8,13H,1-7H2/t8-,11-/m1/s1. The van der Waals surface area contributed by atoms with E-state index in [2.05, 4.69) is 0 Å². The van der Waals surface area contributed by atoms with Gasteiger partial charge in [0.05, 0.1) is 13.2 Å². The van der Waals surface area contributed by atoms with Crippen molar-refractivity contribution in [3.8, 4) is 0 Å². The van der Waals surface area contributed by atoms with Crippen LogP contribution in [0.4, 0.5) is 0 Å². The third-order valence-electron chi connectivity index (χ3n) is 4.14. The van der Waals surface area contributed by atoms with Gasteiger partial charge in [-0.05, 0) is 12.8 Å². The lowest BCUT2D eigenvalue weighted by Crippen LogP contribution is -2.50. The van der Waals surface area contributed by atoms with E-state index in [9.17, 15) is 9.90 Å². The molecular weight excluding hydrogens is 196 g/mol. The van der Waals surface area contributed by atoms with Crippen molar-refractivity contribution in [2.45, 2.75) is 43.5 Å². The zero-order valence-corrected chi connectivity index (χ0v) is 8.70. The average Bonchev–Trinajstić information content (AvgIpc) is 2.78. The molecule has 0 unspecified atom stereocenters. The minimum absolute atomic E-state index is 0.0142. The van der Waals surface area contributed by atoms with Gasteiger partial charge in [-0.2, -0.15) is 0 Å². The summed E-state index contributed by atoms with van der Waals surface area (Å²) in [6, 6.07) is 0. The van der Waals surface area contributed by atoms with E-state index in [0.717, 1.165) is 6.42 Å². The van der Waals surface area contributed by atoms with Crippen molar-refractivity contribution in [1.29, 1.82) is 0 Å². The van der Waals surface area contributed by atoms with Gasteiger partial charge in [-0.25, -0.2) is 0 Å². The van der Waals surface area contributed by atoms with Gasteiger partial charge in [0.2, 0.25) is 0 Å². The van der Waals surface area contributed by atoms with Crippen molar-refractivity contribution < 1.29 is 19.4 Å². The number of rotatable bonds is 0. The van der Waals surface area contributed by atoms with Crippen LogP contribution in [0.5, 0.6) is 0 Å². The number of carbonyl (C=O) groups excluding carboxylic acids is 1. The Morgan fingerprint density at radius 2 is 2.00 bits per heavy atom. The minimum atomic E-state index is -1.07. The minimum Gasteiger partial charge on any atom is -0.382 e. The molecule has 84 valence electrons. The molecule has 2 atom stereocenters. The summed E-state index contributed by atoms with van der Waals surface area (Å²) >= 11 is 0. The summed E-state index contributed by atoms with van der Waals surface area (Å²) < 4.78 is 11.3. The Balaban J connectivity index is 1.82. The normalized spacial score (nSPS) is 43.5. The number of hydrogen-bond acceptors (Lipinski definition) is 4. The maximum absolute atomic E-state index is 11.6. The molecule has 0 aromatic rings. The first-order valence-corrected chi connectivity index (χ1v) is 5.68. The molecule has 4 heteroatoms. The van der Waals surface area contributed by atoms with Crippen molar-refractivity contribution in [3.63, 3.8) is 0 Å². The molecule has 1 saturated heterocycles. The monoisotopic (exact) mass is 212 g/mol. The molecule has 2 saturated carbocycles. The van der Waals surface area contributed by atoms with E-state index in [0.29, 0.717) is 38.9 Å². The molecule has 0 bridgehead atoms. The Kier molecular flexibility index (Phi) is 1.97. The van der Waals surface area contributed by atoms with Crippen molar-refractivity contribution in [1.82, 2.24) is 0 Å². The molecule has 3 fully saturated rings. The van der Waals surface area contributed by atoms with Crippen LogP contribution >= 0.6 is 0 Å². The maximum Gasteiger partial charge on any atom is 0.169 e. The van der Waals surface area contributed by atoms with Gasteiger partial charge in [0.15, 0.2) is 11.6 Å². The van der Waals surface area contributed by atoms with Crippen molar-refractivity contribution in [3.05, 3.63) is 0 Å². The molecule has 1 spiro atoms. The second-order valence-corrected chi connectivity index (χ2v) is 4.89. The number of ether oxygens (including phenoxy) is 2. The predicted molar refractivity (Wildman–Crippen MR) is 51.2 cm³/mol. The van der Waals surface area contributed by atoms with Crippen LogP contribution in [-0.2, 0) is 14.3 Å². The summed E-state index contributed by atoms with van der Waals surface area (Å²) in [6.45, 7) is 1.28. The largest absolute Gasteiger partial charge is 0.382 e. The SMILES string of the molecule is O=C1CC[C@@H]2CC3(CC[C@]12O)OCCO3. The van der Waals surface area contributed by atoms with Crippen LogP contribution in [-0.4, -0.2) is 35.5 Å². The molecule has 15 heavy (non-hydrogen) atoms. The molecule has 4 nitrogen and oxygen atoms in total. The second kappa shape index (κ2) is 3.03. The summed E-state index contributed by atoms with van der Waals surface area (Å²) in [5, 5.41) is 10.3. The molecule has 3 rings (SSSR count). The lowest BCUT2D eigenvalue weighted by Gasteiger charge is -2.42. The lowest BCUT2D eigenvalue weighted by atomic mass is 9.74. The van der Waals surface area contributed by atoms with Crippen LogP contribution in [0, 0.1) is 5.92 Å². The smallest absolute Gasteiger partial charge is 0.169 e. The second-order valence-electron chi connectivity index (χ2n) is 4.89. The lowest BCUT2D eigenvalue weighted by molar-refractivity contribution is -0.214. The quantitative estimate of drug-likeness (QED) is 0.639. The number of Topliss-reactive ketones (excluding diaryl/α,β-unsaturated/α-hetero) is 1. The highest BCUT2D eigenvalue weighted by Gasteiger charge is 2.57. The maximum atomic E-state index is 11.6. The molecular formula is C11H16O4. The van der Waals surface area contributed by atoms with Crippen molar-refractivity contribution in [2.75, 3.05) is 13.2 Å². The summed E-state index contributed by atoms with van der Waals surface area (Å²) in [4.78, 5) is 11.6. The molecule has 0 radical (unpaired) electrons. The van der Waals surface area contributed by atoms with Gasteiger partial charge < -0.3 is 14.6 Å². The van der Waals surface area contributed by atoms with E-state index in [4.69, 9.17) is 9.47 Å². The Morgan fingerprint density at radius 3 is 2.73 bits per heavy atom. The van der Waals surface area contributed by atoms with Crippen LogP contribution in [0.1, 0.15) is 32.1 Å². The topological polar surface area (TPSA) is 55.8 Å². The van der Waals surface area contributed by atoms with Crippen LogP contribution < -0.4 is 0 Å². The molecule has 1 N–H and O–H groups in total. The summed E-state index contributed by atoms with van der Waals surface area (Å²) in [6.07, 6.45) is 3.11. The summed E-state index contributed by atoms with van der Waals surface area (Å²) in [5.41, 5.74) is -1.07. The number of hydrogen-bond donors (Lipinski definition) is 1. The Hall–Kier alpha value is -0.450. The van der Waals surface area contributed by atoms with Gasteiger partial charge in [0.25, 0.3) is 0 Å². The van der Waals surface area contributed by atoms with E-state index >= 15 is 0 Å². The Labute approximate surface area is 88.6 Å². The first-order valence-electron chi connectivity index (χ1n) is 5.68. The van der Waals surface area contributed by atoms with Crippen LogP contribution in [0.3, 0.4) is 0 Å². The van der Waals surface area contributed by atoms with E-state index in [-0.39, 0.29) is 11.7 Å². The van der Waals surface area contributed by atoms with Crippen molar-refractivity contribution >= 4 is 5.78 Å². The third-order valence-corrected chi connectivity index (χ3v) is 4.14. The van der Waals surface area contributed by atoms with Gasteiger partial charge in [-0.3, -0.25) is 4.79 Å². The first-order chi connectivity index (χ1) is 7.15. The summed E-state index contributed by atoms with van der Waals surface area (Å²) in [5.74, 6) is -0.432. The highest BCUT2D eigenvalue weighted by atomic mass is 16.7. The average molecular weight is 212 g/mol. The van der Waals surface area contributed by atoms with Gasteiger partial charge in [-0.1, -0.05) is 0 Å². The van der Waals surface area contributed by atoms with E-state index in [1.807, 2.05) is 0 Å². The van der Waals surface area contributed by atoms with Gasteiger partial charge >= 0.3 is 0 Å². The number of fused-ring (bicyclic) bond motifs is 1. The fourth-order valence-electron chi connectivity index (χ4n) is 3.22. The summed E-state index contributed by atoms with van der Waals surface area (Å²) in [7, 11) is 0. The molecule has 0 amide bonds. The van der Waals surface area contributed by atoms with Crippen LogP contribution in [0.2, 0.25) is 0 Å². The van der Waals surface area contributed by atoms with Crippen LogP contribution in [0.15, 0.2) is 0 Å². The van der Waals surface area contributed by atoms with E-state index in [1.165, 1.54) is 0 Å². The highest BCUT2D eigenvalue weighted by Crippen LogP contribution is 2.49. The number of carbonyl (C=O) groups is 1. The van der Waals surface area contributed by atoms with Crippen molar-refractivity contribution in [2.24, 2.45) is 5.92 Å². The number of aliphatic hydroxyl groups is 1. The molecule has 0 aromatic heterocycles. The van der Waals surface area contributed by atoms with Crippen LogP contribution in [0.25, 0.3) is 0 Å². The first kappa shape index (κ1) is 9.75. The zero-order valence-electron chi connectivity index (χ0n) is 8.70. The molecule has 1 heterocycles. The Bertz CT molecular complexity index is 295. The Morgan fingerprint density at radius 1 is 1.27 bits per heavy atom.